The predicted molar refractivity (Wildman–Crippen MR) is 99.7 cm³/mol. The van der Waals surface area contributed by atoms with Crippen molar-refractivity contribution in [1.29, 1.82) is 5.26 Å². The van der Waals surface area contributed by atoms with Crippen LogP contribution in [0.15, 0.2) is 36.4 Å². The van der Waals surface area contributed by atoms with Gasteiger partial charge in [0.15, 0.2) is 11.6 Å². The van der Waals surface area contributed by atoms with Crippen molar-refractivity contribution in [1.82, 2.24) is 0 Å². The fourth-order valence-corrected chi connectivity index (χ4v) is 5.09. The summed E-state index contributed by atoms with van der Waals surface area (Å²) in [4.78, 5) is 0. The summed E-state index contributed by atoms with van der Waals surface area (Å²) in [5, 5.41) is 10.4. The lowest BCUT2D eigenvalue weighted by atomic mass is 9.53. The summed E-state index contributed by atoms with van der Waals surface area (Å²) in [5.41, 5.74) is 0.619. The van der Waals surface area contributed by atoms with E-state index in [4.69, 9.17) is 16.3 Å². The smallest absolute Gasteiger partial charge is 0.165 e. The van der Waals surface area contributed by atoms with Gasteiger partial charge in [0, 0.05) is 21.9 Å². The number of fused-ring (bicyclic) bond motifs is 3. The second-order valence-corrected chi connectivity index (χ2v) is 8.22. The van der Waals surface area contributed by atoms with E-state index >= 15 is 4.39 Å². The van der Waals surface area contributed by atoms with Crippen LogP contribution in [-0.4, -0.2) is 6.61 Å². The van der Waals surface area contributed by atoms with Crippen LogP contribution in [0.25, 0.3) is 0 Å². The minimum atomic E-state index is -0.666. The Hall–Kier alpha value is -2.12. The molecule has 0 unspecified atom stereocenters. The third-order valence-electron chi connectivity index (χ3n) is 6.35. The van der Waals surface area contributed by atoms with Crippen molar-refractivity contribution in [3.05, 3.63) is 64.2 Å². The molecule has 0 bridgehead atoms. The van der Waals surface area contributed by atoms with Crippen molar-refractivity contribution >= 4 is 11.6 Å². The molecule has 2 aromatic carbocycles. The van der Waals surface area contributed by atoms with Gasteiger partial charge in [0.2, 0.25) is 0 Å². The van der Waals surface area contributed by atoms with Crippen LogP contribution in [0, 0.1) is 40.7 Å². The normalized spacial score (nSPS) is 29.2. The second kappa shape index (κ2) is 6.80. The molecule has 4 atom stereocenters. The molecule has 0 spiro atoms. The van der Waals surface area contributed by atoms with E-state index < -0.39 is 17.0 Å². The minimum absolute atomic E-state index is 0.00598. The fraction of sp³-hybridized carbons (Fsp3) is 0.409. The molecule has 0 N–H and O–H groups in total. The highest BCUT2D eigenvalue weighted by Gasteiger charge is 2.54. The number of ether oxygens (including phenoxy) is 1. The van der Waals surface area contributed by atoms with Gasteiger partial charge in [0.05, 0.1) is 18.6 Å². The molecular weight excluding hydrogens is 368 g/mol. The van der Waals surface area contributed by atoms with Gasteiger partial charge in [-0.15, -0.1) is 0 Å². The van der Waals surface area contributed by atoms with E-state index in [-0.39, 0.29) is 30.1 Å². The van der Waals surface area contributed by atoms with E-state index in [0.29, 0.717) is 23.4 Å². The van der Waals surface area contributed by atoms with Crippen molar-refractivity contribution in [2.24, 2.45) is 17.8 Å². The largest absolute Gasteiger partial charge is 0.490 e. The van der Waals surface area contributed by atoms with Crippen LogP contribution < -0.4 is 4.74 Å². The summed E-state index contributed by atoms with van der Waals surface area (Å²) in [6.07, 6.45) is 2.00. The topological polar surface area (TPSA) is 33.0 Å². The first-order valence-corrected chi connectivity index (χ1v) is 9.59. The number of rotatable bonds is 2. The average Bonchev–Trinajstić information content (AvgIpc) is 2.66. The van der Waals surface area contributed by atoms with E-state index in [1.165, 1.54) is 6.07 Å². The SMILES string of the molecule is C[C@H]1CC[C@@]2(Cc3ccc(Cl)cc3)c3c(F)ccc(F)c3OC[C@H]2[C@@H]1C#N. The van der Waals surface area contributed by atoms with E-state index in [0.717, 1.165) is 18.1 Å². The third kappa shape index (κ3) is 2.89. The highest BCUT2D eigenvalue weighted by atomic mass is 35.5. The number of hydrogen-bond acceptors (Lipinski definition) is 2. The van der Waals surface area contributed by atoms with E-state index in [1.54, 1.807) is 12.1 Å². The number of benzene rings is 2. The van der Waals surface area contributed by atoms with Crippen molar-refractivity contribution in [3.8, 4) is 11.8 Å². The van der Waals surface area contributed by atoms with Gasteiger partial charge in [0.25, 0.3) is 0 Å². The van der Waals surface area contributed by atoms with Gasteiger partial charge in [-0.2, -0.15) is 5.26 Å². The molecule has 5 heteroatoms. The average molecular weight is 388 g/mol. The molecule has 4 rings (SSSR count). The molecule has 2 nitrogen and oxygen atoms in total. The molecule has 140 valence electrons. The lowest BCUT2D eigenvalue weighted by molar-refractivity contribution is 0.0280. The number of hydrogen-bond donors (Lipinski definition) is 0. The van der Waals surface area contributed by atoms with Crippen LogP contribution in [0.3, 0.4) is 0 Å². The molecule has 27 heavy (non-hydrogen) atoms. The lowest BCUT2D eigenvalue weighted by Crippen LogP contribution is -2.52. The van der Waals surface area contributed by atoms with Crippen LogP contribution in [0.5, 0.6) is 5.75 Å². The van der Waals surface area contributed by atoms with Crippen LogP contribution in [0.4, 0.5) is 8.78 Å². The zero-order valence-corrected chi connectivity index (χ0v) is 15.8. The maximum Gasteiger partial charge on any atom is 0.165 e. The molecule has 1 heterocycles. The zero-order chi connectivity index (χ0) is 19.2. The van der Waals surface area contributed by atoms with Gasteiger partial charge >= 0.3 is 0 Å². The minimum Gasteiger partial charge on any atom is -0.490 e. The maximum atomic E-state index is 15.0. The first kappa shape index (κ1) is 18.3. The van der Waals surface area contributed by atoms with Crippen LogP contribution >= 0.6 is 11.6 Å². The molecule has 0 aromatic heterocycles. The van der Waals surface area contributed by atoms with E-state index in [2.05, 4.69) is 13.0 Å². The van der Waals surface area contributed by atoms with Crippen molar-refractivity contribution in [2.45, 2.75) is 31.6 Å². The first-order chi connectivity index (χ1) is 13.0. The summed E-state index contributed by atoms with van der Waals surface area (Å²) in [5.74, 6) is -1.26. The quantitative estimate of drug-likeness (QED) is 0.664. The molecule has 2 aliphatic rings. The summed E-state index contributed by atoms with van der Waals surface area (Å²) >= 11 is 6.01. The van der Waals surface area contributed by atoms with Gasteiger partial charge in [0.1, 0.15) is 5.82 Å². The Kier molecular flexibility index (Phi) is 4.60. The summed E-state index contributed by atoms with van der Waals surface area (Å²) < 4.78 is 35.1. The Bertz CT molecular complexity index is 908. The van der Waals surface area contributed by atoms with Gasteiger partial charge in [-0.05, 0) is 55.0 Å². The zero-order valence-electron chi connectivity index (χ0n) is 15.0. The van der Waals surface area contributed by atoms with Crippen molar-refractivity contribution < 1.29 is 13.5 Å². The summed E-state index contributed by atoms with van der Waals surface area (Å²) in [6.45, 7) is 2.28. The molecule has 1 aliphatic carbocycles. The van der Waals surface area contributed by atoms with Crippen LogP contribution in [0.2, 0.25) is 5.02 Å². The van der Waals surface area contributed by atoms with Gasteiger partial charge < -0.3 is 4.74 Å². The summed E-state index contributed by atoms with van der Waals surface area (Å²) in [6, 6.07) is 12.1. The highest BCUT2D eigenvalue weighted by Crippen LogP contribution is 2.56. The number of nitriles is 1. The Balaban J connectivity index is 1.90. The van der Waals surface area contributed by atoms with Crippen LogP contribution in [0.1, 0.15) is 30.9 Å². The number of nitrogens with zero attached hydrogens (tertiary/aromatic N) is 1. The predicted octanol–water partition coefficient (Wildman–Crippen LogP) is 5.68. The van der Waals surface area contributed by atoms with Crippen LogP contribution in [-0.2, 0) is 11.8 Å². The molecule has 1 saturated carbocycles. The van der Waals surface area contributed by atoms with Gasteiger partial charge in [-0.3, -0.25) is 0 Å². The van der Waals surface area contributed by atoms with Crippen molar-refractivity contribution in [3.63, 3.8) is 0 Å². The first-order valence-electron chi connectivity index (χ1n) is 9.21. The maximum absolute atomic E-state index is 15.0. The molecular formula is C22H20ClF2NO. The number of halogens is 3. The highest BCUT2D eigenvalue weighted by molar-refractivity contribution is 6.30. The monoisotopic (exact) mass is 387 g/mol. The lowest BCUT2D eigenvalue weighted by Gasteiger charge is -2.52. The molecule has 2 aromatic rings. The molecule has 1 fully saturated rings. The van der Waals surface area contributed by atoms with Crippen molar-refractivity contribution in [2.75, 3.05) is 6.61 Å². The van der Waals surface area contributed by atoms with Gasteiger partial charge in [-0.25, -0.2) is 8.78 Å². The summed E-state index contributed by atoms with van der Waals surface area (Å²) in [7, 11) is 0. The molecule has 0 radical (unpaired) electrons. The Labute approximate surface area is 162 Å². The fourth-order valence-electron chi connectivity index (χ4n) is 4.97. The molecule has 0 amide bonds. The van der Waals surface area contributed by atoms with E-state index in [9.17, 15) is 9.65 Å². The standard InChI is InChI=1S/C22H20ClF2NO/c1-13-8-9-22(10-14-2-4-15(23)5-3-14)17(16(13)11-26)12-27-21-19(25)7-6-18(24)20(21)22/h2-7,13,16-17H,8-10,12H2,1H3/t13-,16+,17-,22-/m0/s1. The van der Waals surface area contributed by atoms with E-state index in [1.807, 2.05) is 12.1 Å². The Morgan fingerprint density at radius 3 is 2.59 bits per heavy atom. The Morgan fingerprint density at radius 1 is 1.19 bits per heavy atom. The second-order valence-electron chi connectivity index (χ2n) is 7.78. The molecule has 1 aliphatic heterocycles. The van der Waals surface area contributed by atoms with Gasteiger partial charge in [-0.1, -0.05) is 30.7 Å². The molecule has 0 saturated heterocycles. The Morgan fingerprint density at radius 2 is 1.89 bits per heavy atom. The third-order valence-corrected chi connectivity index (χ3v) is 6.60.